The average molecular weight is 452 g/mol. The Morgan fingerprint density at radius 3 is 1.94 bits per heavy atom. The third-order valence-electron chi connectivity index (χ3n) is 8.30. The van der Waals surface area contributed by atoms with Crippen LogP contribution in [0, 0.1) is 30.6 Å². The number of hydrogen-bond acceptors (Lipinski definition) is 4. The number of aryl methyl sites for hydroxylation is 1. The van der Waals surface area contributed by atoms with Gasteiger partial charge >= 0.3 is 0 Å². The summed E-state index contributed by atoms with van der Waals surface area (Å²) in [5.41, 5.74) is 4.10. The molecule has 1 aliphatic carbocycles. The van der Waals surface area contributed by atoms with Crippen molar-refractivity contribution in [3.8, 4) is 0 Å². The Morgan fingerprint density at radius 1 is 0.706 bits per heavy atom. The van der Waals surface area contributed by atoms with Gasteiger partial charge in [0.1, 0.15) is 11.0 Å². The highest BCUT2D eigenvalue weighted by Crippen LogP contribution is 2.54. The largest absolute Gasteiger partial charge is 0.338 e. The molecule has 7 rings (SSSR count). The van der Waals surface area contributed by atoms with E-state index in [2.05, 4.69) is 40.5 Å². The molecule has 3 fully saturated rings. The van der Waals surface area contributed by atoms with E-state index in [-0.39, 0.29) is 11.8 Å². The minimum atomic E-state index is 0.0664. The number of likely N-dealkylation sites (tertiary alicyclic amines) is 2. The van der Waals surface area contributed by atoms with Crippen LogP contribution in [0.3, 0.4) is 0 Å². The number of nitrogens with one attached hydrogen (secondary N) is 1. The lowest BCUT2D eigenvalue weighted by atomic mass is 9.60. The van der Waals surface area contributed by atoms with Gasteiger partial charge in [0, 0.05) is 37.3 Å². The maximum Gasteiger partial charge on any atom is 0.253 e. The second-order valence-corrected chi connectivity index (χ2v) is 10.2. The van der Waals surface area contributed by atoms with E-state index in [9.17, 15) is 9.59 Å². The summed E-state index contributed by atoms with van der Waals surface area (Å²) in [6, 6.07) is 17.8. The van der Waals surface area contributed by atoms with E-state index in [0.717, 1.165) is 48.0 Å². The maximum atomic E-state index is 13.3. The minimum absolute atomic E-state index is 0.0664. The van der Waals surface area contributed by atoms with Crippen LogP contribution in [0.25, 0.3) is 21.8 Å². The summed E-state index contributed by atoms with van der Waals surface area (Å²) in [7, 11) is 0. The molecular weight excluding hydrogens is 426 g/mol. The van der Waals surface area contributed by atoms with Gasteiger partial charge in [-0.05, 0) is 71.7 Å². The first-order valence-corrected chi connectivity index (χ1v) is 11.9. The highest BCUT2D eigenvalue weighted by molar-refractivity contribution is 5.99. The summed E-state index contributed by atoms with van der Waals surface area (Å²) in [5.74, 6) is 2.16. The quantitative estimate of drug-likeness (QED) is 0.506. The Labute approximate surface area is 196 Å². The summed E-state index contributed by atoms with van der Waals surface area (Å²) < 4.78 is 0. The molecule has 1 N–H and O–H groups in total. The van der Waals surface area contributed by atoms with Crippen molar-refractivity contribution in [1.82, 2.24) is 25.2 Å². The van der Waals surface area contributed by atoms with Crippen LogP contribution in [0.1, 0.15) is 26.3 Å². The standard InChI is InChI=1S/C27H25N5O2/c1-15-2-3-16-4-5-17(9-19(16)8-15)26(33)31-11-20-21(12-31)23-14-32(13-22(20)23)27(34)18-6-7-24-25(10-18)29-30-28-24/h2-10,20-23H,11-14H2,1H3,(H,28,29,30)/t20?,21?,22-,23+. The van der Waals surface area contributed by atoms with Gasteiger partial charge in [0.2, 0.25) is 0 Å². The monoisotopic (exact) mass is 451 g/mol. The number of benzene rings is 3. The molecule has 0 radical (unpaired) electrons. The van der Waals surface area contributed by atoms with Gasteiger partial charge in [-0.2, -0.15) is 15.4 Å². The molecule has 170 valence electrons. The van der Waals surface area contributed by atoms with E-state index in [1.54, 1.807) is 0 Å². The summed E-state index contributed by atoms with van der Waals surface area (Å²) in [4.78, 5) is 30.5. The molecule has 2 unspecified atom stereocenters. The van der Waals surface area contributed by atoms with Crippen molar-refractivity contribution in [3.63, 3.8) is 0 Å². The second kappa shape index (κ2) is 7.13. The minimum Gasteiger partial charge on any atom is -0.338 e. The highest BCUT2D eigenvalue weighted by Gasteiger charge is 2.59. The maximum absolute atomic E-state index is 13.3. The number of fused-ring (bicyclic) bond motifs is 6. The molecule has 2 saturated heterocycles. The zero-order valence-electron chi connectivity index (χ0n) is 18.9. The highest BCUT2D eigenvalue weighted by atomic mass is 16.2. The van der Waals surface area contributed by atoms with Gasteiger partial charge in [-0.1, -0.05) is 29.8 Å². The molecular formula is C27H25N5O2. The van der Waals surface area contributed by atoms with Gasteiger partial charge in [-0.25, -0.2) is 0 Å². The molecule has 3 aliphatic rings. The Kier molecular flexibility index (Phi) is 4.13. The predicted molar refractivity (Wildman–Crippen MR) is 128 cm³/mol. The number of carbonyl (C=O) groups excluding carboxylic acids is 2. The lowest BCUT2D eigenvalue weighted by molar-refractivity contribution is 0.0629. The summed E-state index contributed by atoms with van der Waals surface area (Å²) in [6.45, 7) is 5.22. The molecule has 0 spiro atoms. The third kappa shape index (κ3) is 2.89. The van der Waals surface area contributed by atoms with Crippen LogP contribution in [0.4, 0.5) is 0 Å². The molecule has 4 atom stereocenters. The predicted octanol–water partition coefficient (Wildman–Crippen LogP) is 3.51. The van der Waals surface area contributed by atoms with E-state index in [4.69, 9.17) is 0 Å². The summed E-state index contributed by atoms with van der Waals surface area (Å²) >= 11 is 0. The zero-order valence-corrected chi connectivity index (χ0v) is 18.9. The van der Waals surface area contributed by atoms with Gasteiger partial charge in [-0.3, -0.25) is 9.59 Å². The van der Waals surface area contributed by atoms with Crippen molar-refractivity contribution >= 4 is 33.6 Å². The van der Waals surface area contributed by atoms with Crippen LogP contribution in [0.5, 0.6) is 0 Å². The van der Waals surface area contributed by atoms with Crippen LogP contribution in [0.2, 0.25) is 0 Å². The molecule has 3 heterocycles. The number of rotatable bonds is 2. The van der Waals surface area contributed by atoms with Crippen LogP contribution in [-0.2, 0) is 0 Å². The van der Waals surface area contributed by atoms with E-state index < -0.39 is 0 Å². The Balaban J connectivity index is 1.05. The van der Waals surface area contributed by atoms with Gasteiger partial charge in [0.25, 0.3) is 11.8 Å². The Morgan fingerprint density at radius 2 is 1.26 bits per heavy atom. The van der Waals surface area contributed by atoms with Gasteiger partial charge in [-0.15, -0.1) is 0 Å². The molecule has 7 heteroatoms. The number of amides is 2. The van der Waals surface area contributed by atoms with Crippen molar-refractivity contribution in [2.24, 2.45) is 23.7 Å². The molecule has 3 aromatic carbocycles. The van der Waals surface area contributed by atoms with Crippen LogP contribution in [0.15, 0.2) is 54.6 Å². The van der Waals surface area contributed by atoms with E-state index >= 15 is 0 Å². The van der Waals surface area contributed by atoms with Crippen molar-refractivity contribution in [1.29, 1.82) is 0 Å². The lowest BCUT2D eigenvalue weighted by Gasteiger charge is -2.42. The van der Waals surface area contributed by atoms with Gasteiger partial charge in [0.05, 0.1) is 0 Å². The number of H-pyrrole nitrogens is 1. The number of carbonyl (C=O) groups is 2. The molecule has 7 nitrogen and oxygen atoms in total. The molecule has 34 heavy (non-hydrogen) atoms. The normalized spacial score (nSPS) is 25.4. The average Bonchev–Trinajstić information content (AvgIpc) is 3.56. The summed E-state index contributed by atoms with van der Waals surface area (Å²) in [6.07, 6.45) is 0. The fourth-order valence-electron chi connectivity index (χ4n) is 6.54. The second-order valence-electron chi connectivity index (χ2n) is 10.2. The fourth-order valence-corrected chi connectivity index (χ4v) is 6.54. The van der Waals surface area contributed by atoms with Crippen LogP contribution in [-0.4, -0.2) is 63.2 Å². The van der Waals surface area contributed by atoms with Crippen molar-refractivity contribution in [3.05, 3.63) is 71.3 Å². The number of hydrogen-bond donors (Lipinski definition) is 1. The number of aromatic nitrogens is 3. The summed E-state index contributed by atoms with van der Waals surface area (Å²) in [5, 5.41) is 13.0. The number of nitrogens with zero attached hydrogens (tertiary/aromatic N) is 4. The van der Waals surface area contributed by atoms with E-state index in [1.165, 1.54) is 5.56 Å². The topological polar surface area (TPSA) is 82.2 Å². The Hall–Kier alpha value is -3.74. The fraction of sp³-hybridized carbons (Fsp3) is 0.333. The zero-order chi connectivity index (χ0) is 23.0. The Bertz CT molecular complexity index is 1460. The molecule has 2 amide bonds. The molecule has 1 saturated carbocycles. The molecule has 0 bridgehead atoms. The van der Waals surface area contributed by atoms with Crippen molar-refractivity contribution in [2.75, 3.05) is 26.2 Å². The van der Waals surface area contributed by atoms with Gasteiger partial charge < -0.3 is 9.80 Å². The van der Waals surface area contributed by atoms with Crippen LogP contribution >= 0.6 is 0 Å². The van der Waals surface area contributed by atoms with E-state index in [1.807, 2.05) is 46.2 Å². The first-order valence-electron chi connectivity index (χ1n) is 11.9. The molecule has 4 aromatic rings. The SMILES string of the molecule is Cc1ccc2ccc(C(=O)N3CC4C(C3)[C@@H]3CN(C(=O)c5ccc6n[nH]nc6c5)C[C@H]43)cc2c1. The molecule has 1 aromatic heterocycles. The number of aromatic amines is 1. The van der Waals surface area contributed by atoms with Crippen LogP contribution < -0.4 is 0 Å². The van der Waals surface area contributed by atoms with Crippen molar-refractivity contribution < 1.29 is 9.59 Å². The lowest BCUT2D eigenvalue weighted by Crippen LogP contribution is -2.44. The van der Waals surface area contributed by atoms with Gasteiger partial charge in [0.15, 0.2) is 0 Å². The third-order valence-corrected chi connectivity index (χ3v) is 8.30. The van der Waals surface area contributed by atoms with Crippen molar-refractivity contribution in [2.45, 2.75) is 6.92 Å². The van der Waals surface area contributed by atoms with E-state index in [0.29, 0.717) is 34.8 Å². The first kappa shape index (κ1) is 19.7. The first-order chi connectivity index (χ1) is 16.5. The smallest absolute Gasteiger partial charge is 0.253 e. The molecule has 2 aliphatic heterocycles.